The van der Waals surface area contributed by atoms with E-state index >= 15 is 0 Å². The molecule has 22 heavy (non-hydrogen) atoms. The van der Waals surface area contributed by atoms with Crippen LogP contribution in [0.15, 0.2) is 54.2 Å². The number of pyridine rings is 1. The molecule has 2 aromatic heterocycles. The Balaban J connectivity index is 1.74. The molecule has 0 radical (unpaired) electrons. The number of hydrogen-bond donors (Lipinski definition) is 1. The Kier molecular flexibility index (Phi) is 4.11. The maximum absolute atomic E-state index is 12.1. The van der Waals surface area contributed by atoms with Crippen LogP contribution in [-0.2, 0) is 0 Å². The van der Waals surface area contributed by atoms with Crippen molar-refractivity contribution < 1.29 is 9.53 Å². The van der Waals surface area contributed by atoms with Crippen LogP contribution in [0.25, 0.3) is 11.3 Å². The van der Waals surface area contributed by atoms with Crippen LogP contribution in [0.5, 0.6) is 5.75 Å². The summed E-state index contributed by atoms with van der Waals surface area (Å²) in [6.45, 7) is 0. The lowest BCUT2D eigenvalue weighted by Crippen LogP contribution is -2.11. The Bertz CT molecular complexity index is 770. The highest BCUT2D eigenvalue weighted by molar-refractivity contribution is 7.14. The van der Waals surface area contributed by atoms with Crippen LogP contribution in [0.4, 0.5) is 5.13 Å². The molecule has 0 atom stereocenters. The third-order valence-electron chi connectivity index (χ3n) is 3.05. The average Bonchev–Trinajstić information content (AvgIpc) is 3.04. The fraction of sp³-hybridized carbons (Fsp3) is 0.0625. The van der Waals surface area contributed by atoms with Crippen molar-refractivity contribution in [3.63, 3.8) is 0 Å². The molecular weight excluding hydrogens is 298 g/mol. The lowest BCUT2D eigenvalue weighted by molar-refractivity contribution is 0.102. The number of methoxy groups -OCH3 is 1. The van der Waals surface area contributed by atoms with Gasteiger partial charge in [0.1, 0.15) is 5.75 Å². The van der Waals surface area contributed by atoms with Crippen LogP contribution in [0.3, 0.4) is 0 Å². The summed E-state index contributed by atoms with van der Waals surface area (Å²) < 4.78 is 5.13. The van der Waals surface area contributed by atoms with E-state index in [1.54, 1.807) is 31.6 Å². The summed E-state index contributed by atoms with van der Waals surface area (Å²) in [4.78, 5) is 20.4. The average molecular weight is 311 g/mol. The second kappa shape index (κ2) is 6.36. The van der Waals surface area contributed by atoms with Crippen LogP contribution >= 0.6 is 11.3 Å². The minimum absolute atomic E-state index is 0.196. The zero-order valence-electron chi connectivity index (χ0n) is 11.8. The molecule has 2 heterocycles. The maximum atomic E-state index is 12.1. The summed E-state index contributed by atoms with van der Waals surface area (Å²) in [5, 5.41) is 5.26. The Labute approximate surface area is 131 Å². The van der Waals surface area contributed by atoms with E-state index in [0.29, 0.717) is 10.7 Å². The van der Waals surface area contributed by atoms with E-state index in [-0.39, 0.29) is 5.91 Å². The first-order valence-corrected chi connectivity index (χ1v) is 7.45. The van der Waals surface area contributed by atoms with Gasteiger partial charge in [0.2, 0.25) is 0 Å². The summed E-state index contributed by atoms with van der Waals surface area (Å²) in [5.74, 6) is 0.600. The molecule has 1 amide bonds. The van der Waals surface area contributed by atoms with Gasteiger partial charge in [0.15, 0.2) is 5.13 Å². The van der Waals surface area contributed by atoms with Gasteiger partial charge in [-0.3, -0.25) is 15.1 Å². The number of aromatic nitrogens is 2. The molecule has 0 saturated heterocycles. The van der Waals surface area contributed by atoms with Crippen LogP contribution in [0.1, 0.15) is 10.4 Å². The van der Waals surface area contributed by atoms with Crippen LogP contribution < -0.4 is 10.1 Å². The minimum Gasteiger partial charge on any atom is -0.497 e. The summed E-state index contributed by atoms with van der Waals surface area (Å²) in [7, 11) is 1.63. The van der Waals surface area contributed by atoms with Crippen molar-refractivity contribution in [3.05, 3.63) is 59.7 Å². The quantitative estimate of drug-likeness (QED) is 0.801. The zero-order chi connectivity index (χ0) is 15.4. The van der Waals surface area contributed by atoms with Gasteiger partial charge in [0.05, 0.1) is 12.8 Å². The van der Waals surface area contributed by atoms with E-state index in [2.05, 4.69) is 15.3 Å². The number of thiazole rings is 1. The summed E-state index contributed by atoms with van der Waals surface area (Å²) in [5.41, 5.74) is 2.34. The molecule has 0 spiro atoms. The third kappa shape index (κ3) is 3.12. The number of nitrogens with zero attached hydrogens (tertiary/aromatic N) is 2. The molecule has 0 unspecified atom stereocenters. The summed E-state index contributed by atoms with van der Waals surface area (Å²) in [6, 6.07) is 10.9. The van der Waals surface area contributed by atoms with E-state index in [0.717, 1.165) is 17.0 Å². The number of nitrogens with one attached hydrogen (secondary N) is 1. The smallest absolute Gasteiger partial charge is 0.257 e. The van der Waals surface area contributed by atoms with Gasteiger partial charge in [-0.15, -0.1) is 11.3 Å². The van der Waals surface area contributed by atoms with Crippen molar-refractivity contribution in [2.24, 2.45) is 0 Å². The number of amides is 1. The molecule has 0 aliphatic heterocycles. The molecule has 0 bridgehead atoms. The number of anilines is 1. The number of hydrogen-bond acceptors (Lipinski definition) is 5. The summed E-state index contributed by atoms with van der Waals surface area (Å²) >= 11 is 1.39. The molecule has 3 rings (SSSR count). The highest BCUT2D eigenvalue weighted by Gasteiger charge is 2.09. The second-order valence-corrected chi connectivity index (χ2v) is 5.31. The van der Waals surface area contributed by atoms with Gasteiger partial charge in [0, 0.05) is 28.9 Å². The van der Waals surface area contributed by atoms with Crippen LogP contribution in [0.2, 0.25) is 0 Å². The van der Waals surface area contributed by atoms with E-state index in [1.165, 1.54) is 11.3 Å². The van der Waals surface area contributed by atoms with E-state index in [4.69, 9.17) is 4.74 Å². The topological polar surface area (TPSA) is 64.1 Å². The van der Waals surface area contributed by atoms with Crippen molar-refractivity contribution in [2.75, 3.05) is 12.4 Å². The van der Waals surface area contributed by atoms with Crippen molar-refractivity contribution in [1.29, 1.82) is 0 Å². The Morgan fingerprint density at radius 1 is 1.14 bits per heavy atom. The second-order valence-electron chi connectivity index (χ2n) is 4.46. The Morgan fingerprint density at radius 2 is 1.86 bits per heavy atom. The van der Waals surface area contributed by atoms with E-state index in [1.807, 2.05) is 29.6 Å². The van der Waals surface area contributed by atoms with E-state index < -0.39 is 0 Å². The standard InChI is InChI=1S/C16H13N3O2S/c1-21-13-4-2-11(3-5-13)14-10-22-16(18-14)19-15(20)12-6-8-17-9-7-12/h2-10H,1H3,(H,18,19,20). The predicted molar refractivity (Wildman–Crippen MR) is 86.3 cm³/mol. The first kappa shape index (κ1) is 14.2. The predicted octanol–water partition coefficient (Wildman–Crippen LogP) is 3.47. The fourth-order valence-corrected chi connectivity index (χ4v) is 2.61. The minimum atomic E-state index is -0.196. The fourth-order valence-electron chi connectivity index (χ4n) is 1.90. The van der Waals surface area contributed by atoms with Gasteiger partial charge in [-0.25, -0.2) is 4.98 Å². The number of ether oxygens (including phenoxy) is 1. The largest absolute Gasteiger partial charge is 0.497 e. The molecule has 0 saturated carbocycles. The lowest BCUT2D eigenvalue weighted by Gasteiger charge is -2.01. The van der Waals surface area contributed by atoms with Crippen molar-refractivity contribution >= 4 is 22.4 Å². The van der Waals surface area contributed by atoms with Gasteiger partial charge in [-0.1, -0.05) is 0 Å². The SMILES string of the molecule is COc1ccc(-c2csc(NC(=O)c3ccncc3)n2)cc1. The first-order valence-electron chi connectivity index (χ1n) is 6.57. The van der Waals surface area contributed by atoms with Crippen LogP contribution in [0, 0.1) is 0 Å². The highest BCUT2D eigenvalue weighted by atomic mass is 32.1. The molecule has 3 aromatic rings. The molecule has 6 heteroatoms. The zero-order valence-corrected chi connectivity index (χ0v) is 12.6. The first-order chi connectivity index (χ1) is 10.8. The molecule has 110 valence electrons. The summed E-state index contributed by atoms with van der Waals surface area (Å²) in [6.07, 6.45) is 3.17. The molecule has 0 aliphatic carbocycles. The van der Waals surface area contributed by atoms with Gasteiger partial charge < -0.3 is 4.74 Å². The number of carbonyl (C=O) groups excluding carboxylic acids is 1. The van der Waals surface area contributed by atoms with Gasteiger partial charge in [-0.2, -0.15) is 0 Å². The Morgan fingerprint density at radius 3 is 2.55 bits per heavy atom. The van der Waals surface area contributed by atoms with E-state index in [9.17, 15) is 4.79 Å². The van der Waals surface area contributed by atoms with Gasteiger partial charge in [0.25, 0.3) is 5.91 Å². The van der Waals surface area contributed by atoms with Crippen molar-refractivity contribution in [2.45, 2.75) is 0 Å². The molecular formula is C16H13N3O2S. The number of rotatable bonds is 4. The molecule has 5 nitrogen and oxygen atoms in total. The normalized spacial score (nSPS) is 10.2. The van der Waals surface area contributed by atoms with Gasteiger partial charge in [-0.05, 0) is 36.4 Å². The highest BCUT2D eigenvalue weighted by Crippen LogP contribution is 2.26. The Hall–Kier alpha value is -2.73. The number of carbonyl (C=O) groups is 1. The molecule has 1 N–H and O–H groups in total. The molecule has 0 aliphatic rings. The third-order valence-corrected chi connectivity index (χ3v) is 3.81. The van der Waals surface area contributed by atoms with Crippen LogP contribution in [-0.4, -0.2) is 23.0 Å². The number of benzene rings is 1. The van der Waals surface area contributed by atoms with Crippen molar-refractivity contribution in [1.82, 2.24) is 9.97 Å². The maximum Gasteiger partial charge on any atom is 0.257 e. The van der Waals surface area contributed by atoms with Crippen molar-refractivity contribution in [3.8, 4) is 17.0 Å². The van der Waals surface area contributed by atoms with Gasteiger partial charge >= 0.3 is 0 Å². The molecule has 1 aromatic carbocycles. The lowest BCUT2D eigenvalue weighted by atomic mass is 10.2. The monoisotopic (exact) mass is 311 g/mol. The molecule has 0 fully saturated rings.